The Morgan fingerprint density at radius 3 is 2.76 bits per heavy atom. The topological polar surface area (TPSA) is 76.8 Å². The lowest BCUT2D eigenvalue weighted by atomic mass is 10.1. The van der Waals surface area contributed by atoms with Gasteiger partial charge in [0.1, 0.15) is 17.9 Å². The van der Waals surface area contributed by atoms with Crippen molar-refractivity contribution in [3.63, 3.8) is 0 Å². The molecule has 2 aromatic heterocycles. The first kappa shape index (κ1) is 15.7. The van der Waals surface area contributed by atoms with Crippen LogP contribution in [0.2, 0.25) is 0 Å². The number of hydrogen-bond donors (Lipinski definition) is 0. The molecule has 1 aliphatic heterocycles. The highest BCUT2D eigenvalue weighted by molar-refractivity contribution is 5.80. The third kappa shape index (κ3) is 3.09. The summed E-state index contributed by atoms with van der Waals surface area (Å²) in [6.45, 7) is 5.56. The average Bonchev–Trinajstić information content (AvgIpc) is 3.22. The van der Waals surface area contributed by atoms with Gasteiger partial charge in [-0.3, -0.25) is 4.79 Å². The minimum atomic E-state index is 0.0579. The number of benzene rings is 1. The largest absolute Gasteiger partial charge is 0.340 e. The third-order valence-electron chi connectivity index (χ3n) is 4.61. The Hall–Kier alpha value is -2.83. The van der Waals surface area contributed by atoms with Crippen LogP contribution in [-0.4, -0.2) is 48.9 Å². The van der Waals surface area contributed by atoms with E-state index in [-0.39, 0.29) is 18.4 Å². The lowest BCUT2D eigenvalue weighted by Crippen LogP contribution is -2.32. The number of rotatable bonds is 3. The van der Waals surface area contributed by atoms with E-state index in [9.17, 15) is 4.79 Å². The van der Waals surface area contributed by atoms with E-state index in [0.29, 0.717) is 6.54 Å². The Kier molecular flexibility index (Phi) is 3.91. The van der Waals surface area contributed by atoms with Crippen LogP contribution in [0, 0.1) is 13.8 Å². The highest BCUT2D eigenvalue weighted by Crippen LogP contribution is 2.25. The molecule has 7 heteroatoms. The number of fused-ring (bicyclic) bond motifs is 1. The zero-order chi connectivity index (χ0) is 17.4. The average molecular weight is 336 g/mol. The summed E-state index contributed by atoms with van der Waals surface area (Å²) in [6.07, 6.45) is 0.896. The van der Waals surface area contributed by atoms with Crippen molar-refractivity contribution in [2.75, 3.05) is 13.1 Å². The molecule has 3 aromatic rings. The van der Waals surface area contributed by atoms with E-state index in [2.05, 4.69) is 20.3 Å². The Morgan fingerprint density at radius 2 is 1.96 bits per heavy atom. The van der Waals surface area contributed by atoms with Gasteiger partial charge in [-0.15, -0.1) is 5.10 Å². The van der Waals surface area contributed by atoms with Gasteiger partial charge in [0.15, 0.2) is 0 Å². The fourth-order valence-electron chi connectivity index (χ4n) is 3.40. The standard InChI is InChI=1S/C18H20N6O/c1-12-9-13(2)20-18(19-12)14-7-8-23(10-14)17(25)11-24-16-6-4-3-5-15(16)21-22-24/h3-6,9,14H,7-8,10-11H2,1-2H3/t14-/m0/s1. The van der Waals surface area contributed by atoms with E-state index in [1.807, 2.05) is 49.1 Å². The number of carbonyl (C=O) groups excluding carboxylic acids is 1. The molecule has 4 rings (SSSR count). The quantitative estimate of drug-likeness (QED) is 0.729. The molecule has 0 spiro atoms. The van der Waals surface area contributed by atoms with Crippen molar-refractivity contribution in [3.05, 3.63) is 47.5 Å². The van der Waals surface area contributed by atoms with Gasteiger partial charge in [-0.1, -0.05) is 17.3 Å². The SMILES string of the molecule is Cc1cc(C)nc([C@H]2CCN(C(=O)Cn3nnc4ccccc43)C2)n1. The summed E-state index contributed by atoms with van der Waals surface area (Å²) >= 11 is 0. The van der Waals surface area contributed by atoms with Crippen LogP contribution < -0.4 is 0 Å². The first-order valence-electron chi connectivity index (χ1n) is 8.48. The molecule has 1 atom stereocenters. The van der Waals surface area contributed by atoms with E-state index >= 15 is 0 Å². The molecule has 0 bridgehead atoms. The second kappa shape index (κ2) is 6.23. The number of aromatic nitrogens is 5. The van der Waals surface area contributed by atoms with Gasteiger partial charge in [0, 0.05) is 30.4 Å². The van der Waals surface area contributed by atoms with Crippen molar-refractivity contribution in [1.82, 2.24) is 29.9 Å². The molecule has 1 aliphatic rings. The molecule has 0 radical (unpaired) electrons. The van der Waals surface area contributed by atoms with Crippen LogP contribution in [0.4, 0.5) is 0 Å². The van der Waals surface area contributed by atoms with Crippen LogP contribution in [0.3, 0.4) is 0 Å². The fraction of sp³-hybridized carbons (Fsp3) is 0.389. The molecule has 0 N–H and O–H groups in total. The Bertz CT molecular complexity index is 914. The summed E-state index contributed by atoms with van der Waals surface area (Å²) in [5.74, 6) is 1.11. The summed E-state index contributed by atoms with van der Waals surface area (Å²) < 4.78 is 1.66. The fourth-order valence-corrected chi connectivity index (χ4v) is 3.40. The van der Waals surface area contributed by atoms with Gasteiger partial charge in [0.2, 0.25) is 5.91 Å². The van der Waals surface area contributed by atoms with Gasteiger partial charge >= 0.3 is 0 Å². The minimum Gasteiger partial charge on any atom is -0.340 e. The molecule has 1 aromatic carbocycles. The van der Waals surface area contributed by atoms with Gasteiger partial charge in [-0.2, -0.15) is 0 Å². The summed E-state index contributed by atoms with van der Waals surface area (Å²) in [4.78, 5) is 23.6. The molecular weight excluding hydrogens is 316 g/mol. The number of hydrogen-bond acceptors (Lipinski definition) is 5. The highest BCUT2D eigenvalue weighted by atomic mass is 16.2. The maximum atomic E-state index is 12.7. The normalized spacial score (nSPS) is 17.4. The smallest absolute Gasteiger partial charge is 0.244 e. The highest BCUT2D eigenvalue weighted by Gasteiger charge is 2.29. The van der Waals surface area contributed by atoms with Crippen molar-refractivity contribution >= 4 is 16.9 Å². The molecule has 1 fully saturated rings. The Labute approximate surface area is 145 Å². The minimum absolute atomic E-state index is 0.0579. The molecule has 0 unspecified atom stereocenters. The van der Waals surface area contributed by atoms with E-state index in [0.717, 1.165) is 41.2 Å². The van der Waals surface area contributed by atoms with Gasteiger partial charge in [0.25, 0.3) is 0 Å². The van der Waals surface area contributed by atoms with Crippen LogP contribution in [-0.2, 0) is 11.3 Å². The van der Waals surface area contributed by atoms with Gasteiger partial charge in [-0.05, 0) is 38.5 Å². The number of amides is 1. The van der Waals surface area contributed by atoms with E-state index < -0.39 is 0 Å². The summed E-state index contributed by atoms with van der Waals surface area (Å²) in [5, 5.41) is 8.20. The maximum absolute atomic E-state index is 12.7. The van der Waals surface area contributed by atoms with Crippen molar-refractivity contribution in [3.8, 4) is 0 Å². The van der Waals surface area contributed by atoms with Crippen molar-refractivity contribution in [1.29, 1.82) is 0 Å². The Balaban J connectivity index is 1.47. The summed E-state index contributed by atoms with van der Waals surface area (Å²) in [5.41, 5.74) is 3.63. The first-order valence-corrected chi connectivity index (χ1v) is 8.48. The second-order valence-corrected chi connectivity index (χ2v) is 6.57. The number of para-hydroxylation sites is 1. The zero-order valence-corrected chi connectivity index (χ0v) is 14.4. The molecular formula is C18H20N6O. The number of carbonyl (C=O) groups is 1. The predicted molar refractivity (Wildman–Crippen MR) is 93.0 cm³/mol. The van der Waals surface area contributed by atoms with Crippen molar-refractivity contribution in [2.45, 2.75) is 32.7 Å². The van der Waals surface area contributed by atoms with Crippen LogP contribution in [0.25, 0.3) is 11.0 Å². The van der Waals surface area contributed by atoms with E-state index in [1.54, 1.807) is 4.68 Å². The number of nitrogens with zero attached hydrogens (tertiary/aromatic N) is 6. The summed E-state index contributed by atoms with van der Waals surface area (Å²) in [7, 11) is 0. The third-order valence-corrected chi connectivity index (χ3v) is 4.61. The maximum Gasteiger partial charge on any atom is 0.244 e. The second-order valence-electron chi connectivity index (χ2n) is 6.57. The predicted octanol–water partition coefficient (Wildman–Crippen LogP) is 1.85. The van der Waals surface area contributed by atoms with Gasteiger partial charge in [-0.25, -0.2) is 14.6 Å². The summed E-state index contributed by atoms with van der Waals surface area (Å²) in [6, 6.07) is 9.64. The molecule has 0 aliphatic carbocycles. The number of likely N-dealkylation sites (tertiary alicyclic amines) is 1. The molecule has 1 amide bonds. The van der Waals surface area contributed by atoms with Gasteiger partial charge in [0.05, 0.1) is 5.52 Å². The lowest BCUT2D eigenvalue weighted by molar-refractivity contribution is -0.130. The van der Waals surface area contributed by atoms with Crippen molar-refractivity contribution in [2.24, 2.45) is 0 Å². The van der Waals surface area contributed by atoms with E-state index in [4.69, 9.17) is 0 Å². The van der Waals surface area contributed by atoms with Crippen LogP contribution in [0.1, 0.15) is 29.6 Å². The molecule has 0 saturated carbocycles. The van der Waals surface area contributed by atoms with Gasteiger partial charge < -0.3 is 4.90 Å². The van der Waals surface area contributed by atoms with E-state index in [1.165, 1.54) is 0 Å². The molecule has 7 nitrogen and oxygen atoms in total. The van der Waals surface area contributed by atoms with Crippen LogP contribution in [0.15, 0.2) is 30.3 Å². The molecule has 128 valence electrons. The molecule has 25 heavy (non-hydrogen) atoms. The van der Waals surface area contributed by atoms with Crippen molar-refractivity contribution < 1.29 is 4.79 Å². The zero-order valence-electron chi connectivity index (χ0n) is 14.4. The molecule has 3 heterocycles. The molecule has 1 saturated heterocycles. The van der Waals surface area contributed by atoms with Crippen LogP contribution >= 0.6 is 0 Å². The first-order chi connectivity index (χ1) is 12.1. The number of aryl methyl sites for hydroxylation is 2. The monoisotopic (exact) mass is 336 g/mol. The van der Waals surface area contributed by atoms with Crippen LogP contribution in [0.5, 0.6) is 0 Å². The Morgan fingerprint density at radius 1 is 1.20 bits per heavy atom. The lowest BCUT2D eigenvalue weighted by Gasteiger charge is -2.16.